The van der Waals surface area contributed by atoms with Gasteiger partial charge in [-0.25, -0.2) is 0 Å². The van der Waals surface area contributed by atoms with Crippen molar-refractivity contribution in [2.24, 2.45) is 0 Å². The lowest BCUT2D eigenvalue weighted by Crippen LogP contribution is -2.01. The van der Waals surface area contributed by atoms with E-state index in [1.165, 1.54) is 0 Å². The Morgan fingerprint density at radius 3 is 2.86 bits per heavy atom. The lowest BCUT2D eigenvalue weighted by molar-refractivity contribution is 1.01. The number of aryl methyl sites for hydroxylation is 1. The van der Waals surface area contributed by atoms with Gasteiger partial charge in [-0.15, -0.1) is 0 Å². The molecule has 21 heavy (non-hydrogen) atoms. The molecule has 5 nitrogen and oxygen atoms in total. The van der Waals surface area contributed by atoms with E-state index in [4.69, 9.17) is 17.5 Å². The Labute approximate surface area is 126 Å². The van der Waals surface area contributed by atoms with E-state index in [0.717, 1.165) is 11.3 Å². The fraction of sp³-hybridized carbons (Fsp3) is 0.0667. The Hall–Kier alpha value is -2.78. The van der Waals surface area contributed by atoms with Crippen LogP contribution < -0.4 is 0 Å². The van der Waals surface area contributed by atoms with Crippen LogP contribution in [0.3, 0.4) is 0 Å². The van der Waals surface area contributed by atoms with Crippen molar-refractivity contribution in [3.05, 3.63) is 58.5 Å². The van der Waals surface area contributed by atoms with E-state index in [1.807, 2.05) is 31.2 Å². The first-order valence-corrected chi connectivity index (χ1v) is 6.71. The number of hydrogen-bond acceptors (Lipinski definition) is 4. The van der Waals surface area contributed by atoms with Gasteiger partial charge in [0.15, 0.2) is 10.6 Å². The molecule has 0 aliphatic heterocycles. The number of benzene rings is 1. The van der Waals surface area contributed by atoms with E-state index in [-0.39, 0.29) is 0 Å². The van der Waals surface area contributed by atoms with Gasteiger partial charge >= 0.3 is 0 Å². The highest BCUT2D eigenvalue weighted by molar-refractivity contribution is 7.71. The maximum Gasteiger partial charge on any atom is 0.200 e. The summed E-state index contributed by atoms with van der Waals surface area (Å²) in [4.78, 5) is 4.31. The van der Waals surface area contributed by atoms with Crippen LogP contribution in [0.2, 0.25) is 0 Å². The summed E-state index contributed by atoms with van der Waals surface area (Å²) in [6, 6.07) is 13.2. The van der Waals surface area contributed by atoms with E-state index >= 15 is 0 Å². The van der Waals surface area contributed by atoms with E-state index in [2.05, 4.69) is 21.3 Å². The normalized spacial score (nSPS) is 10.3. The summed E-state index contributed by atoms with van der Waals surface area (Å²) in [5.74, 6) is 0.624. The van der Waals surface area contributed by atoms with E-state index < -0.39 is 0 Å². The fourth-order valence-corrected chi connectivity index (χ4v) is 2.34. The third-order valence-electron chi connectivity index (χ3n) is 3.15. The number of rotatable bonds is 2. The molecular weight excluding hydrogens is 282 g/mol. The van der Waals surface area contributed by atoms with Crippen LogP contribution in [-0.4, -0.2) is 19.7 Å². The summed E-state index contributed by atoms with van der Waals surface area (Å²) in [6.07, 6.45) is 1.70. The van der Waals surface area contributed by atoms with Gasteiger partial charge in [0, 0.05) is 6.20 Å². The Morgan fingerprint density at radius 1 is 1.29 bits per heavy atom. The van der Waals surface area contributed by atoms with Crippen LogP contribution in [0.25, 0.3) is 17.2 Å². The monoisotopic (exact) mass is 293 g/mol. The van der Waals surface area contributed by atoms with Crippen LogP contribution in [0.5, 0.6) is 0 Å². The number of nitrogens with one attached hydrogen (secondary N) is 1. The van der Waals surface area contributed by atoms with Crippen molar-refractivity contribution in [1.29, 1.82) is 5.26 Å². The number of nitrogens with zero attached hydrogens (tertiary/aromatic N) is 4. The second-order valence-corrected chi connectivity index (χ2v) is 4.90. The standard InChI is InChI=1S/C15H11N5S/c1-10-5-6-11(9-16)8-13(10)20-14(18-19-15(20)21)12-4-2-3-7-17-12/h2-8H,1H3,(H,19,21). The van der Waals surface area contributed by atoms with Crippen LogP contribution in [0.1, 0.15) is 11.1 Å². The zero-order chi connectivity index (χ0) is 14.8. The van der Waals surface area contributed by atoms with Crippen LogP contribution in [0.4, 0.5) is 0 Å². The minimum Gasteiger partial charge on any atom is -0.267 e. The minimum atomic E-state index is 0.467. The molecule has 6 heteroatoms. The number of nitriles is 1. The van der Waals surface area contributed by atoms with Crippen LogP contribution in [0, 0.1) is 23.0 Å². The SMILES string of the molecule is Cc1ccc(C#N)cc1-n1c(-c2ccccn2)n[nH]c1=S. The highest BCUT2D eigenvalue weighted by Gasteiger charge is 2.13. The van der Waals surface area contributed by atoms with Crippen molar-refractivity contribution in [2.75, 3.05) is 0 Å². The maximum absolute atomic E-state index is 9.09. The van der Waals surface area contributed by atoms with Crippen molar-refractivity contribution in [3.63, 3.8) is 0 Å². The van der Waals surface area contributed by atoms with Crippen LogP contribution >= 0.6 is 12.2 Å². The molecule has 102 valence electrons. The molecule has 0 amide bonds. The summed E-state index contributed by atoms with van der Waals surface area (Å²) < 4.78 is 2.27. The molecule has 0 unspecified atom stereocenters. The summed E-state index contributed by atoms with van der Waals surface area (Å²) in [7, 11) is 0. The number of hydrogen-bond donors (Lipinski definition) is 1. The van der Waals surface area contributed by atoms with Gasteiger partial charge in [-0.3, -0.25) is 14.6 Å². The van der Waals surface area contributed by atoms with Crippen molar-refractivity contribution < 1.29 is 0 Å². The van der Waals surface area contributed by atoms with E-state index in [1.54, 1.807) is 22.9 Å². The molecule has 1 aromatic carbocycles. The molecule has 2 aromatic heterocycles. The average Bonchev–Trinajstić information content (AvgIpc) is 2.90. The first-order chi connectivity index (χ1) is 10.2. The molecule has 2 heterocycles. The van der Waals surface area contributed by atoms with Gasteiger partial charge < -0.3 is 0 Å². The van der Waals surface area contributed by atoms with Crippen molar-refractivity contribution in [2.45, 2.75) is 6.92 Å². The Morgan fingerprint density at radius 2 is 2.14 bits per heavy atom. The predicted octanol–water partition coefficient (Wildman–Crippen LogP) is 3.17. The zero-order valence-corrected chi connectivity index (χ0v) is 12.1. The molecule has 0 saturated heterocycles. The molecule has 0 aliphatic carbocycles. The first kappa shape index (κ1) is 13.2. The molecule has 0 spiro atoms. The van der Waals surface area contributed by atoms with Gasteiger partial charge in [0.2, 0.25) is 0 Å². The third kappa shape index (κ3) is 2.35. The number of aromatic amines is 1. The number of pyridine rings is 1. The van der Waals surface area contributed by atoms with E-state index in [0.29, 0.717) is 21.9 Å². The smallest absolute Gasteiger partial charge is 0.200 e. The fourth-order valence-electron chi connectivity index (χ4n) is 2.11. The van der Waals surface area contributed by atoms with Crippen LogP contribution in [-0.2, 0) is 0 Å². The van der Waals surface area contributed by atoms with Crippen molar-refractivity contribution in [3.8, 4) is 23.3 Å². The number of H-pyrrole nitrogens is 1. The summed E-state index contributed by atoms with van der Waals surface area (Å²) in [5.41, 5.74) is 3.12. The first-order valence-electron chi connectivity index (χ1n) is 6.30. The maximum atomic E-state index is 9.09. The summed E-state index contributed by atoms with van der Waals surface area (Å²) >= 11 is 5.33. The van der Waals surface area contributed by atoms with Gasteiger partial charge in [-0.2, -0.15) is 10.4 Å². The molecule has 0 fully saturated rings. The van der Waals surface area contributed by atoms with Crippen molar-refractivity contribution >= 4 is 12.2 Å². The molecule has 0 radical (unpaired) electrons. The quantitative estimate of drug-likeness (QED) is 0.737. The topological polar surface area (TPSA) is 70.3 Å². The summed E-state index contributed by atoms with van der Waals surface area (Å²) in [6.45, 7) is 1.97. The average molecular weight is 293 g/mol. The number of aromatic nitrogens is 4. The van der Waals surface area contributed by atoms with Gasteiger partial charge in [0.1, 0.15) is 5.69 Å². The Bertz CT molecular complexity index is 886. The molecule has 0 aliphatic rings. The molecule has 0 atom stereocenters. The second kappa shape index (κ2) is 5.31. The Kier molecular flexibility index (Phi) is 3.34. The second-order valence-electron chi connectivity index (χ2n) is 4.52. The van der Waals surface area contributed by atoms with Gasteiger partial charge in [0.25, 0.3) is 0 Å². The molecule has 0 saturated carbocycles. The van der Waals surface area contributed by atoms with Crippen LogP contribution in [0.15, 0.2) is 42.6 Å². The summed E-state index contributed by atoms with van der Waals surface area (Å²) in [5, 5.41) is 16.1. The lowest BCUT2D eigenvalue weighted by Gasteiger charge is -2.10. The Balaban J connectivity index is 2.28. The zero-order valence-electron chi connectivity index (χ0n) is 11.2. The molecule has 1 N–H and O–H groups in total. The van der Waals surface area contributed by atoms with Gasteiger partial charge in [-0.1, -0.05) is 12.1 Å². The highest BCUT2D eigenvalue weighted by atomic mass is 32.1. The largest absolute Gasteiger partial charge is 0.267 e. The minimum absolute atomic E-state index is 0.467. The predicted molar refractivity (Wildman–Crippen MR) is 81.4 cm³/mol. The van der Waals surface area contributed by atoms with Gasteiger partial charge in [-0.05, 0) is 49.0 Å². The van der Waals surface area contributed by atoms with Crippen molar-refractivity contribution in [1.82, 2.24) is 19.7 Å². The third-order valence-corrected chi connectivity index (χ3v) is 3.42. The molecule has 0 bridgehead atoms. The van der Waals surface area contributed by atoms with Gasteiger partial charge in [0.05, 0.1) is 17.3 Å². The molecular formula is C15H11N5S. The van der Waals surface area contributed by atoms with E-state index in [9.17, 15) is 0 Å². The highest BCUT2D eigenvalue weighted by Crippen LogP contribution is 2.22. The molecule has 3 rings (SSSR count). The molecule has 3 aromatic rings. The lowest BCUT2D eigenvalue weighted by atomic mass is 10.1.